The smallest absolute Gasteiger partial charge is 0.387 e. The molecular formula is C20H18F2N2O8. The number of esters is 1. The van der Waals surface area contributed by atoms with Crippen LogP contribution in [0.1, 0.15) is 10.4 Å². The standard InChI is InChI=1S/C20H18F2N2O8/c1-28-15-8-11(2-4-14(15)32-19(21)22)18(26)31-10-17(25)24-20(27)23-12-3-5-13-16(9-12)30-7-6-29-13/h2-5,8-9,19H,6-7,10H2,1H3,(H2,23,24,25,27). The maximum absolute atomic E-state index is 12.4. The van der Waals surface area contributed by atoms with Gasteiger partial charge in [0.1, 0.15) is 13.2 Å². The topological polar surface area (TPSA) is 121 Å². The van der Waals surface area contributed by atoms with Crippen LogP contribution >= 0.6 is 0 Å². The number of hydrogen-bond donors (Lipinski definition) is 2. The van der Waals surface area contributed by atoms with E-state index in [-0.39, 0.29) is 17.1 Å². The Morgan fingerprint density at radius 2 is 1.78 bits per heavy atom. The lowest BCUT2D eigenvalue weighted by atomic mass is 10.2. The summed E-state index contributed by atoms with van der Waals surface area (Å²) in [5, 5.41) is 4.44. The summed E-state index contributed by atoms with van der Waals surface area (Å²) in [6, 6.07) is 7.24. The Bertz CT molecular complexity index is 1020. The molecule has 1 aliphatic rings. The van der Waals surface area contributed by atoms with Gasteiger partial charge in [-0.05, 0) is 30.3 Å². The average molecular weight is 452 g/mol. The van der Waals surface area contributed by atoms with Crippen LogP contribution in [0.3, 0.4) is 0 Å². The quantitative estimate of drug-likeness (QED) is 0.615. The second-order valence-corrected chi connectivity index (χ2v) is 6.18. The lowest BCUT2D eigenvalue weighted by Crippen LogP contribution is -2.37. The monoisotopic (exact) mass is 452 g/mol. The number of halogens is 2. The first-order valence-electron chi connectivity index (χ1n) is 9.16. The van der Waals surface area contributed by atoms with Gasteiger partial charge in [-0.15, -0.1) is 0 Å². The number of nitrogens with one attached hydrogen (secondary N) is 2. The van der Waals surface area contributed by atoms with Gasteiger partial charge in [-0.2, -0.15) is 8.78 Å². The molecule has 3 rings (SSSR count). The van der Waals surface area contributed by atoms with Crippen molar-refractivity contribution in [1.82, 2.24) is 5.32 Å². The van der Waals surface area contributed by atoms with Crippen LogP contribution in [0.15, 0.2) is 36.4 Å². The number of benzene rings is 2. The fourth-order valence-corrected chi connectivity index (χ4v) is 2.65. The SMILES string of the molecule is COc1cc(C(=O)OCC(=O)NC(=O)Nc2ccc3c(c2)OCCO3)ccc1OC(F)F. The zero-order valence-electron chi connectivity index (χ0n) is 16.7. The van der Waals surface area contributed by atoms with Gasteiger partial charge in [0.05, 0.1) is 12.7 Å². The summed E-state index contributed by atoms with van der Waals surface area (Å²) in [6.07, 6.45) is 0. The molecule has 0 aromatic heterocycles. The number of fused-ring (bicyclic) bond motifs is 1. The Labute approximate surface area is 180 Å². The highest BCUT2D eigenvalue weighted by atomic mass is 19.3. The highest BCUT2D eigenvalue weighted by Gasteiger charge is 2.17. The van der Waals surface area contributed by atoms with Crippen LogP contribution in [-0.4, -0.2) is 51.4 Å². The Morgan fingerprint density at radius 3 is 2.50 bits per heavy atom. The molecule has 32 heavy (non-hydrogen) atoms. The van der Waals surface area contributed by atoms with Crippen LogP contribution in [0.2, 0.25) is 0 Å². The van der Waals surface area contributed by atoms with E-state index in [0.717, 1.165) is 18.2 Å². The molecule has 0 radical (unpaired) electrons. The summed E-state index contributed by atoms with van der Waals surface area (Å²) >= 11 is 0. The van der Waals surface area contributed by atoms with E-state index in [4.69, 9.17) is 18.9 Å². The first kappa shape index (κ1) is 22.6. The van der Waals surface area contributed by atoms with Gasteiger partial charge in [-0.25, -0.2) is 9.59 Å². The fourth-order valence-electron chi connectivity index (χ4n) is 2.65. The van der Waals surface area contributed by atoms with Crippen molar-refractivity contribution in [3.05, 3.63) is 42.0 Å². The minimum Gasteiger partial charge on any atom is -0.493 e. The zero-order chi connectivity index (χ0) is 23.1. The van der Waals surface area contributed by atoms with Gasteiger partial charge in [0.2, 0.25) is 0 Å². The van der Waals surface area contributed by atoms with Gasteiger partial charge in [-0.3, -0.25) is 10.1 Å². The molecule has 2 aromatic rings. The number of urea groups is 1. The van der Waals surface area contributed by atoms with Gasteiger partial charge in [-0.1, -0.05) is 0 Å². The molecule has 1 aliphatic heterocycles. The first-order valence-corrected chi connectivity index (χ1v) is 9.16. The van der Waals surface area contributed by atoms with Gasteiger partial charge >= 0.3 is 18.6 Å². The summed E-state index contributed by atoms with van der Waals surface area (Å²) in [4.78, 5) is 35.9. The first-order chi connectivity index (χ1) is 15.4. The molecule has 0 unspecified atom stereocenters. The van der Waals surface area contributed by atoms with Crippen LogP contribution in [0.25, 0.3) is 0 Å². The Morgan fingerprint density at radius 1 is 1.03 bits per heavy atom. The lowest BCUT2D eigenvalue weighted by molar-refractivity contribution is -0.123. The summed E-state index contributed by atoms with van der Waals surface area (Å²) in [6.45, 7) is -3.03. The van der Waals surface area contributed by atoms with Crippen molar-refractivity contribution < 1.29 is 46.8 Å². The molecule has 0 saturated carbocycles. The van der Waals surface area contributed by atoms with E-state index >= 15 is 0 Å². The number of amides is 3. The Hall–Kier alpha value is -4.09. The molecular weight excluding hydrogens is 434 g/mol. The number of methoxy groups -OCH3 is 1. The molecule has 2 N–H and O–H groups in total. The number of carbonyl (C=O) groups is 3. The van der Waals surface area contributed by atoms with E-state index in [0.29, 0.717) is 30.4 Å². The van der Waals surface area contributed by atoms with Crippen LogP contribution in [0, 0.1) is 0 Å². The number of carbonyl (C=O) groups excluding carboxylic acids is 3. The average Bonchev–Trinajstić information content (AvgIpc) is 2.77. The molecule has 12 heteroatoms. The van der Waals surface area contributed by atoms with Crippen LogP contribution < -0.4 is 29.6 Å². The zero-order valence-corrected chi connectivity index (χ0v) is 16.7. The molecule has 10 nitrogen and oxygen atoms in total. The number of imide groups is 1. The summed E-state index contributed by atoms with van der Waals surface area (Å²) in [7, 11) is 1.20. The molecule has 170 valence electrons. The second kappa shape index (κ2) is 10.3. The molecule has 0 atom stereocenters. The summed E-state index contributed by atoms with van der Waals surface area (Å²) in [5.41, 5.74) is 0.284. The van der Waals surface area contributed by atoms with Crippen molar-refractivity contribution in [2.24, 2.45) is 0 Å². The summed E-state index contributed by atoms with van der Waals surface area (Å²) < 4.78 is 49.5. The maximum Gasteiger partial charge on any atom is 0.387 e. The highest BCUT2D eigenvalue weighted by molar-refractivity contribution is 6.02. The van der Waals surface area contributed by atoms with Gasteiger partial charge < -0.3 is 29.0 Å². The molecule has 0 aliphatic carbocycles. The largest absolute Gasteiger partial charge is 0.493 e. The third kappa shape index (κ3) is 5.97. The second-order valence-electron chi connectivity index (χ2n) is 6.18. The van der Waals surface area contributed by atoms with E-state index < -0.39 is 31.1 Å². The minimum atomic E-state index is -3.07. The van der Waals surface area contributed by atoms with Crippen LogP contribution in [0.5, 0.6) is 23.0 Å². The third-order valence-corrected chi connectivity index (χ3v) is 4.00. The maximum atomic E-state index is 12.4. The third-order valence-electron chi connectivity index (χ3n) is 4.00. The van der Waals surface area contributed by atoms with Crippen molar-refractivity contribution >= 4 is 23.6 Å². The Balaban J connectivity index is 1.50. The normalized spacial score (nSPS) is 12.0. The lowest BCUT2D eigenvalue weighted by Gasteiger charge is -2.19. The Kier molecular flexibility index (Phi) is 7.26. The number of anilines is 1. The van der Waals surface area contributed by atoms with Gasteiger partial charge in [0.25, 0.3) is 5.91 Å². The molecule has 3 amide bonds. The minimum absolute atomic E-state index is 0.0722. The van der Waals surface area contributed by atoms with E-state index in [2.05, 4.69) is 10.1 Å². The van der Waals surface area contributed by atoms with E-state index in [1.165, 1.54) is 13.2 Å². The number of alkyl halides is 2. The number of hydrogen-bond acceptors (Lipinski definition) is 8. The van der Waals surface area contributed by atoms with E-state index in [9.17, 15) is 23.2 Å². The summed E-state index contributed by atoms with van der Waals surface area (Å²) in [5.74, 6) is -1.23. The molecule has 0 fully saturated rings. The van der Waals surface area contributed by atoms with E-state index in [1.807, 2.05) is 5.32 Å². The van der Waals surface area contributed by atoms with E-state index in [1.54, 1.807) is 12.1 Å². The van der Waals surface area contributed by atoms with Crippen molar-refractivity contribution in [2.75, 3.05) is 32.2 Å². The molecule has 2 aromatic carbocycles. The van der Waals surface area contributed by atoms with Gasteiger partial charge in [0.15, 0.2) is 29.6 Å². The number of ether oxygens (including phenoxy) is 5. The predicted octanol–water partition coefficient (Wildman–Crippen LogP) is 2.57. The van der Waals surface area contributed by atoms with Crippen molar-refractivity contribution in [2.45, 2.75) is 6.61 Å². The molecule has 1 heterocycles. The van der Waals surface area contributed by atoms with Crippen molar-refractivity contribution in [1.29, 1.82) is 0 Å². The predicted molar refractivity (Wildman–Crippen MR) is 105 cm³/mol. The molecule has 0 bridgehead atoms. The highest BCUT2D eigenvalue weighted by Crippen LogP contribution is 2.32. The molecule has 0 spiro atoms. The van der Waals surface area contributed by atoms with Gasteiger partial charge in [0, 0.05) is 11.8 Å². The van der Waals surface area contributed by atoms with Crippen molar-refractivity contribution in [3.63, 3.8) is 0 Å². The number of rotatable bonds is 7. The van der Waals surface area contributed by atoms with Crippen molar-refractivity contribution in [3.8, 4) is 23.0 Å². The van der Waals surface area contributed by atoms with Crippen LogP contribution in [0.4, 0.5) is 19.3 Å². The molecule has 0 saturated heterocycles. The van der Waals surface area contributed by atoms with Crippen LogP contribution in [-0.2, 0) is 9.53 Å². The fraction of sp³-hybridized carbons (Fsp3) is 0.250.